The van der Waals surface area contributed by atoms with E-state index in [1.807, 2.05) is 25.1 Å². The van der Waals surface area contributed by atoms with E-state index in [-0.39, 0.29) is 6.04 Å². The molecule has 14 heavy (non-hydrogen) atoms. The maximum absolute atomic E-state index is 5.74. The van der Waals surface area contributed by atoms with Crippen LogP contribution in [0.2, 0.25) is 0 Å². The number of benzene rings is 1. The Labute approximate surface area is 85.9 Å². The van der Waals surface area contributed by atoms with Gasteiger partial charge in [-0.15, -0.1) is 0 Å². The summed E-state index contributed by atoms with van der Waals surface area (Å²) in [6, 6.07) is 10.5. The Balaban J connectivity index is 2.83. The Morgan fingerprint density at radius 2 is 1.93 bits per heavy atom. The van der Waals surface area contributed by atoms with E-state index in [4.69, 9.17) is 5.73 Å². The van der Waals surface area contributed by atoms with Crippen LogP contribution in [0.15, 0.2) is 35.3 Å². The smallest absolute Gasteiger partial charge is 0.0941 e. The van der Waals surface area contributed by atoms with E-state index in [0.717, 1.165) is 18.7 Å². The summed E-state index contributed by atoms with van der Waals surface area (Å²) in [5, 5.41) is 0. The lowest BCUT2D eigenvalue weighted by Gasteiger charge is -2.11. The summed E-state index contributed by atoms with van der Waals surface area (Å²) < 4.78 is 0. The molecule has 1 unspecified atom stereocenters. The molecule has 0 amide bonds. The molecule has 1 aromatic carbocycles. The molecule has 1 aromatic rings. The van der Waals surface area contributed by atoms with Crippen molar-refractivity contribution in [2.45, 2.75) is 32.7 Å². The van der Waals surface area contributed by atoms with Gasteiger partial charge in [0.15, 0.2) is 0 Å². The van der Waals surface area contributed by atoms with Gasteiger partial charge in [-0.1, -0.05) is 44.2 Å². The maximum atomic E-state index is 5.74. The van der Waals surface area contributed by atoms with Crippen LogP contribution in [-0.4, -0.2) is 5.84 Å². The third kappa shape index (κ3) is 2.87. The summed E-state index contributed by atoms with van der Waals surface area (Å²) >= 11 is 0. The van der Waals surface area contributed by atoms with Gasteiger partial charge in [-0.25, -0.2) is 0 Å². The van der Waals surface area contributed by atoms with Gasteiger partial charge in [-0.05, 0) is 12.0 Å². The molecule has 2 N–H and O–H groups in total. The largest absolute Gasteiger partial charge is 0.387 e. The molecule has 1 atom stereocenters. The monoisotopic (exact) mass is 190 g/mol. The highest BCUT2D eigenvalue weighted by atomic mass is 14.9. The first-order chi connectivity index (χ1) is 6.77. The van der Waals surface area contributed by atoms with E-state index >= 15 is 0 Å². The zero-order valence-electron chi connectivity index (χ0n) is 8.90. The Morgan fingerprint density at radius 3 is 2.43 bits per heavy atom. The first-order valence-corrected chi connectivity index (χ1v) is 5.15. The molecular weight excluding hydrogens is 172 g/mol. The van der Waals surface area contributed by atoms with Crippen LogP contribution in [0.5, 0.6) is 0 Å². The van der Waals surface area contributed by atoms with Crippen LogP contribution in [0, 0.1) is 0 Å². The van der Waals surface area contributed by atoms with Gasteiger partial charge >= 0.3 is 0 Å². The third-order valence-corrected chi connectivity index (χ3v) is 2.25. The molecule has 0 saturated carbocycles. The lowest BCUT2D eigenvalue weighted by Crippen LogP contribution is -2.11. The topological polar surface area (TPSA) is 38.4 Å². The third-order valence-electron chi connectivity index (χ3n) is 2.25. The first-order valence-electron chi connectivity index (χ1n) is 5.15. The molecule has 0 spiro atoms. The fraction of sp³-hybridized carbons (Fsp3) is 0.417. The Hall–Kier alpha value is -1.31. The van der Waals surface area contributed by atoms with Gasteiger partial charge in [0.2, 0.25) is 0 Å². The summed E-state index contributed by atoms with van der Waals surface area (Å²) in [5.74, 6) is 0.737. The molecule has 1 rings (SSSR count). The van der Waals surface area contributed by atoms with Crippen molar-refractivity contribution in [3.05, 3.63) is 35.9 Å². The Kier molecular flexibility index (Phi) is 4.17. The average Bonchev–Trinajstić information content (AvgIpc) is 2.26. The number of rotatable bonds is 4. The lowest BCUT2D eigenvalue weighted by molar-refractivity contribution is 0.697. The summed E-state index contributed by atoms with van der Waals surface area (Å²) in [4.78, 5) is 4.48. The van der Waals surface area contributed by atoms with Gasteiger partial charge in [0.25, 0.3) is 0 Å². The zero-order chi connectivity index (χ0) is 10.4. The van der Waals surface area contributed by atoms with E-state index in [0.29, 0.717) is 0 Å². The molecule has 0 fully saturated rings. The van der Waals surface area contributed by atoms with Crippen molar-refractivity contribution < 1.29 is 0 Å². The fourth-order valence-electron chi connectivity index (χ4n) is 1.37. The normalized spacial score (nSPS) is 14.0. The molecule has 76 valence electrons. The first kappa shape index (κ1) is 10.8. The minimum absolute atomic E-state index is 0.219. The lowest BCUT2D eigenvalue weighted by atomic mass is 10.1. The van der Waals surface area contributed by atoms with Gasteiger partial charge in [-0.3, -0.25) is 4.99 Å². The second-order valence-electron chi connectivity index (χ2n) is 3.31. The van der Waals surface area contributed by atoms with Crippen molar-refractivity contribution in [1.82, 2.24) is 0 Å². The molecule has 0 aliphatic rings. The summed E-state index contributed by atoms with van der Waals surface area (Å²) in [6.07, 6.45) is 1.81. The highest BCUT2D eigenvalue weighted by molar-refractivity contribution is 5.80. The fourth-order valence-corrected chi connectivity index (χ4v) is 1.37. The average molecular weight is 190 g/mol. The number of hydrogen-bond acceptors (Lipinski definition) is 1. The van der Waals surface area contributed by atoms with E-state index in [1.54, 1.807) is 0 Å². The van der Waals surface area contributed by atoms with Crippen LogP contribution in [0.3, 0.4) is 0 Å². The second kappa shape index (κ2) is 5.43. The quantitative estimate of drug-likeness (QED) is 0.575. The van der Waals surface area contributed by atoms with E-state index in [9.17, 15) is 0 Å². The van der Waals surface area contributed by atoms with Crippen molar-refractivity contribution in [2.75, 3.05) is 0 Å². The van der Waals surface area contributed by atoms with Crippen molar-refractivity contribution in [3.63, 3.8) is 0 Å². The molecule has 0 saturated heterocycles. The molecule has 0 aliphatic heterocycles. The van der Waals surface area contributed by atoms with Crippen LogP contribution in [0.25, 0.3) is 0 Å². The van der Waals surface area contributed by atoms with Crippen molar-refractivity contribution in [3.8, 4) is 0 Å². The number of hydrogen-bond donors (Lipinski definition) is 1. The van der Waals surface area contributed by atoms with E-state index in [2.05, 4.69) is 24.0 Å². The maximum Gasteiger partial charge on any atom is 0.0941 e. The van der Waals surface area contributed by atoms with Crippen LogP contribution in [-0.2, 0) is 0 Å². The second-order valence-corrected chi connectivity index (χ2v) is 3.31. The predicted octanol–water partition coefficient (Wildman–Crippen LogP) is 2.90. The van der Waals surface area contributed by atoms with Crippen molar-refractivity contribution >= 4 is 5.84 Å². The van der Waals surface area contributed by atoms with Gasteiger partial charge in [-0.2, -0.15) is 0 Å². The van der Waals surface area contributed by atoms with Gasteiger partial charge < -0.3 is 5.73 Å². The molecule has 0 radical (unpaired) electrons. The molecule has 0 bridgehead atoms. The van der Waals surface area contributed by atoms with E-state index < -0.39 is 0 Å². The molecule has 0 aromatic heterocycles. The molecule has 2 nitrogen and oxygen atoms in total. The molecular formula is C12H18N2. The van der Waals surface area contributed by atoms with Gasteiger partial charge in [0.1, 0.15) is 0 Å². The zero-order valence-corrected chi connectivity index (χ0v) is 8.90. The number of nitrogens with zero attached hydrogens (tertiary/aromatic N) is 1. The van der Waals surface area contributed by atoms with E-state index in [1.165, 1.54) is 5.56 Å². The Morgan fingerprint density at radius 1 is 1.29 bits per heavy atom. The van der Waals surface area contributed by atoms with Crippen molar-refractivity contribution in [2.24, 2.45) is 10.7 Å². The molecule has 0 aliphatic carbocycles. The molecule has 2 heteroatoms. The summed E-state index contributed by atoms with van der Waals surface area (Å²) in [5.41, 5.74) is 6.98. The van der Waals surface area contributed by atoms with Crippen LogP contribution < -0.4 is 5.73 Å². The number of aliphatic imine (C=N–C) groups is 1. The van der Waals surface area contributed by atoms with Crippen LogP contribution in [0.4, 0.5) is 0 Å². The summed E-state index contributed by atoms with van der Waals surface area (Å²) in [6.45, 7) is 4.15. The molecule has 0 heterocycles. The van der Waals surface area contributed by atoms with Crippen LogP contribution >= 0.6 is 0 Å². The Bertz CT molecular complexity index is 290. The van der Waals surface area contributed by atoms with Gasteiger partial charge in [0.05, 0.1) is 11.9 Å². The predicted molar refractivity (Wildman–Crippen MR) is 61.4 cm³/mol. The highest BCUT2D eigenvalue weighted by Gasteiger charge is 2.06. The number of amidine groups is 1. The summed E-state index contributed by atoms with van der Waals surface area (Å²) in [7, 11) is 0. The highest BCUT2D eigenvalue weighted by Crippen LogP contribution is 2.20. The van der Waals surface area contributed by atoms with Crippen molar-refractivity contribution in [1.29, 1.82) is 0 Å². The minimum atomic E-state index is 0.219. The van der Waals surface area contributed by atoms with Crippen LogP contribution in [0.1, 0.15) is 38.3 Å². The standard InChI is InChI=1S/C12H18N2/c1-3-11(14-12(13)4-2)10-8-6-5-7-9-10/h5-9,11H,3-4H2,1-2H3,(H2,13,14). The van der Waals surface area contributed by atoms with Gasteiger partial charge in [0, 0.05) is 6.42 Å². The number of nitrogens with two attached hydrogens (primary N) is 1. The SMILES string of the molecule is CCC(N)=NC(CC)c1ccccc1. The minimum Gasteiger partial charge on any atom is -0.387 e.